The van der Waals surface area contributed by atoms with Crippen molar-refractivity contribution in [1.29, 1.82) is 0 Å². The quantitative estimate of drug-likeness (QED) is 0.793. The molecule has 6 nitrogen and oxygen atoms in total. The van der Waals surface area contributed by atoms with E-state index >= 15 is 0 Å². The Labute approximate surface area is 145 Å². The molecular formula is C19H18N4O2. The highest BCUT2D eigenvalue weighted by Gasteiger charge is 2.23. The minimum atomic E-state index is -0.0740. The lowest BCUT2D eigenvalue weighted by atomic mass is 10.0. The van der Waals surface area contributed by atoms with E-state index in [0.29, 0.717) is 5.95 Å². The zero-order chi connectivity index (χ0) is 17.2. The number of nitrogens with one attached hydrogen (secondary N) is 1. The molecule has 1 aliphatic rings. The number of anilines is 1. The average molecular weight is 334 g/mol. The number of ether oxygens (including phenoxy) is 2. The molecule has 1 aromatic heterocycles. The average Bonchev–Trinajstić information content (AvgIpc) is 3.16. The number of nitrogens with zero attached hydrogens (tertiary/aromatic N) is 3. The molecule has 0 fully saturated rings. The number of benzene rings is 2. The fourth-order valence-corrected chi connectivity index (χ4v) is 2.96. The summed E-state index contributed by atoms with van der Waals surface area (Å²) in [4.78, 5) is 4.33. The van der Waals surface area contributed by atoms with Crippen LogP contribution in [-0.2, 0) is 0 Å². The minimum absolute atomic E-state index is 0.0740. The summed E-state index contributed by atoms with van der Waals surface area (Å²) in [6.45, 7) is 0. The predicted molar refractivity (Wildman–Crippen MR) is 95.7 cm³/mol. The molecule has 0 bridgehead atoms. The second kappa shape index (κ2) is 6.32. The second-order valence-corrected chi connectivity index (χ2v) is 5.69. The van der Waals surface area contributed by atoms with E-state index < -0.39 is 0 Å². The van der Waals surface area contributed by atoms with Gasteiger partial charge in [0.15, 0.2) is 0 Å². The molecule has 0 saturated carbocycles. The van der Waals surface area contributed by atoms with Crippen LogP contribution in [0.1, 0.15) is 17.2 Å². The minimum Gasteiger partial charge on any atom is -0.497 e. The van der Waals surface area contributed by atoms with Gasteiger partial charge in [0.1, 0.15) is 23.9 Å². The molecule has 1 aliphatic heterocycles. The molecule has 0 aliphatic carbocycles. The third-order valence-electron chi connectivity index (χ3n) is 4.22. The Balaban J connectivity index is 1.80. The zero-order valence-electron chi connectivity index (χ0n) is 14.0. The van der Waals surface area contributed by atoms with E-state index in [1.807, 2.05) is 47.1 Å². The fourth-order valence-electron chi connectivity index (χ4n) is 2.96. The van der Waals surface area contributed by atoms with Crippen LogP contribution in [0.5, 0.6) is 11.5 Å². The first-order chi connectivity index (χ1) is 12.3. The van der Waals surface area contributed by atoms with E-state index in [4.69, 9.17) is 9.47 Å². The van der Waals surface area contributed by atoms with Crippen LogP contribution >= 0.6 is 0 Å². The zero-order valence-corrected chi connectivity index (χ0v) is 14.0. The summed E-state index contributed by atoms with van der Waals surface area (Å²) in [5.74, 6) is 2.33. The van der Waals surface area contributed by atoms with Crippen LogP contribution in [-0.4, -0.2) is 29.0 Å². The SMILES string of the molecule is COc1cccc(C2=C[C@@H](c3cccc(OC)c3)n3ncnc3N2)c1. The molecule has 6 heteroatoms. The molecule has 1 N–H and O–H groups in total. The summed E-state index contributed by atoms with van der Waals surface area (Å²) in [5, 5.41) is 7.70. The Morgan fingerprint density at radius 1 is 1.00 bits per heavy atom. The summed E-state index contributed by atoms with van der Waals surface area (Å²) in [6, 6.07) is 15.8. The standard InChI is InChI=1S/C19H18N4O2/c1-24-15-7-3-5-13(9-15)17-11-18(23-19(22-17)20-12-21-23)14-6-4-8-16(10-14)25-2/h3-12,18H,1-2H3,(H,20,21,22)/t18-/m0/s1. The smallest absolute Gasteiger partial charge is 0.226 e. The van der Waals surface area contributed by atoms with Crippen molar-refractivity contribution in [1.82, 2.24) is 14.8 Å². The van der Waals surface area contributed by atoms with Crippen LogP contribution < -0.4 is 14.8 Å². The number of hydrogen-bond donors (Lipinski definition) is 1. The third kappa shape index (κ3) is 2.82. The first-order valence-electron chi connectivity index (χ1n) is 7.95. The van der Waals surface area contributed by atoms with Crippen LogP contribution in [0.15, 0.2) is 60.9 Å². The molecule has 2 aromatic carbocycles. The van der Waals surface area contributed by atoms with E-state index in [0.717, 1.165) is 28.3 Å². The predicted octanol–water partition coefficient (Wildman–Crippen LogP) is 3.35. The summed E-state index contributed by atoms with van der Waals surface area (Å²) < 4.78 is 12.6. The lowest BCUT2D eigenvalue weighted by Gasteiger charge is -2.24. The lowest BCUT2D eigenvalue weighted by molar-refractivity contribution is 0.413. The van der Waals surface area contributed by atoms with Gasteiger partial charge in [-0.25, -0.2) is 4.68 Å². The summed E-state index contributed by atoms with van der Waals surface area (Å²) in [6.07, 6.45) is 3.68. The maximum Gasteiger partial charge on any atom is 0.226 e. The van der Waals surface area contributed by atoms with Crippen LogP contribution in [0.4, 0.5) is 5.95 Å². The van der Waals surface area contributed by atoms with Crippen LogP contribution in [0.2, 0.25) is 0 Å². The van der Waals surface area contributed by atoms with Crippen molar-refractivity contribution in [2.24, 2.45) is 0 Å². The maximum absolute atomic E-state index is 5.36. The number of methoxy groups -OCH3 is 2. The molecule has 0 radical (unpaired) electrons. The highest BCUT2D eigenvalue weighted by molar-refractivity contribution is 5.77. The molecule has 0 saturated heterocycles. The molecule has 0 spiro atoms. The van der Waals surface area contributed by atoms with Crippen molar-refractivity contribution in [2.75, 3.05) is 19.5 Å². The number of rotatable bonds is 4. The van der Waals surface area contributed by atoms with E-state index in [1.54, 1.807) is 20.5 Å². The largest absolute Gasteiger partial charge is 0.497 e. The summed E-state index contributed by atoms with van der Waals surface area (Å²) in [5.41, 5.74) is 3.07. The van der Waals surface area contributed by atoms with Gasteiger partial charge in [-0.3, -0.25) is 0 Å². The molecule has 3 aromatic rings. The van der Waals surface area contributed by atoms with Gasteiger partial charge >= 0.3 is 0 Å². The molecule has 2 heterocycles. The van der Waals surface area contributed by atoms with E-state index in [-0.39, 0.29) is 6.04 Å². The molecular weight excluding hydrogens is 316 g/mol. The van der Waals surface area contributed by atoms with Gasteiger partial charge in [-0.15, -0.1) is 0 Å². The first kappa shape index (κ1) is 15.3. The molecule has 25 heavy (non-hydrogen) atoms. The van der Waals surface area contributed by atoms with Gasteiger partial charge in [0.2, 0.25) is 5.95 Å². The Morgan fingerprint density at radius 2 is 1.76 bits per heavy atom. The van der Waals surface area contributed by atoms with Crippen molar-refractivity contribution in [3.63, 3.8) is 0 Å². The Bertz CT molecular complexity index is 932. The van der Waals surface area contributed by atoms with E-state index in [1.165, 1.54) is 0 Å². The Kier molecular flexibility index (Phi) is 3.85. The van der Waals surface area contributed by atoms with Gasteiger partial charge < -0.3 is 14.8 Å². The lowest BCUT2D eigenvalue weighted by Crippen LogP contribution is -2.20. The topological polar surface area (TPSA) is 61.2 Å². The number of fused-ring (bicyclic) bond motifs is 1. The third-order valence-corrected chi connectivity index (χ3v) is 4.22. The highest BCUT2D eigenvalue weighted by atomic mass is 16.5. The first-order valence-corrected chi connectivity index (χ1v) is 7.95. The van der Waals surface area contributed by atoms with Crippen LogP contribution in [0.3, 0.4) is 0 Å². The summed E-state index contributed by atoms with van der Waals surface area (Å²) >= 11 is 0. The van der Waals surface area contributed by atoms with Gasteiger partial charge in [0, 0.05) is 11.3 Å². The molecule has 126 valence electrons. The van der Waals surface area contributed by atoms with Gasteiger partial charge in [-0.05, 0) is 35.9 Å². The molecule has 0 amide bonds. The van der Waals surface area contributed by atoms with Crippen molar-refractivity contribution < 1.29 is 9.47 Å². The summed E-state index contributed by atoms with van der Waals surface area (Å²) in [7, 11) is 3.33. The Hall–Kier alpha value is -3.28. The number of aromatic nitrogens is 3. The highest BCUT2D eigenvalue weighted by Crippen LogP contribution is 2.33. The van der Waals surface area contributed by atoms with Crippen molar-refractivity contribution >= 4 is 11.6 Å². The molecule has 4 rings (SSSR count). The number of allylic oxidation sites excluding steroid dienone is 1. The van der Waals surface area contributed by atoms with Crippen LogP contribution in [0, 0.1) is 0 Å². The second-order valence-electron chi connectivity index (χ2n) is 5.69. The molecule has 0 unspecified atom stereocenters. The van der Waals surface area contributed by atoms with E-state index in [2.05, 4.69) is 27.5 Å². The van der Waals surface area contributed by atoms with Crippen molar-refractivity contribution in [3.8, 4) is 11.5 Å². The van der Waals surface area contributed by atoms with E-state index in [9.17, 15) is 0 Å². The normalized spacial score (nSPS) is 15.8. The van der Waals surface area contributed by atoms with Gasteiger partial charge in [0.05, 0.1) is 14.2 Å². The number of hydrogen-bond acceptors (Lipinski definition) is 5. The van der Waals surface area contributed by atoms with Crippen molar-refractivity contribution in [3.05, 3.63) is 72.1 Å². The maximum atomic E-state index is 5.36. The van der Waals surface area contributed by atoms with Gasteiger partial charge in [-0.1, -0.05) is 24.3 Å². The van der Waals surface area contributed by atoms with Crippen molar-refractivity contribution in [2.45, 2.75) is 6.04 Å². The van der Waals surface area contributed by atoms with Crippen LogP contribution in [0.25, 0.3) is 5.70 Å². The van der Waals surface area contributed by atoms with Gasteiger partial charge in [-0.2, -0.15) is 10.1 Å². The molecule has 1 atom stereocenters. The monoisotopic (exact) mass is 334 g/mol. The van der Waals surface area contributed by atoms with Gasteiger partial charge in [0.25, 0.3) is 0 Å². The Morgan fingerprint density at radius 3 is 2.56 bits per heavy atom. The fraction of sp³-hybridized carbons (Fsp3) is 0.158.